The molecule has 144 valence electrons. The highest BCUT2D eigenvalue weighted by atomic mass is 32.1. The van der Waals surface area contributed by atoms with Gasteiger partial charge in [-0.1, -0.05) is 37.5 Å². The van der Waals surface area contributed by atoms with Crippen molar-refractivity contribution in [1.82, 2.24) is 9.27 Å². The number of hydrogen-bond acceptors (Lipinski definition) is 4. The SMILES string of the molecule is CC12CC3(C)CC(O)(C1)CC(NC(=O)Cn1sc4ccccc4c1=O)(C2)C3. The molecule has 4 saturated carbocycles. The molecule has 6 rings (SSSR count). The van der Waals surface area contributed by atoms with E-state index in [1.165, 1.54) is 11.5 Å². The fourth-order valence-electron chi connectivity index (χ4n) is 7.35. The highest BCUT2D eigenvalue weighted by Gasteiger charge is 2.65. The van der Waals surface area contributed by atoms with Gasteiger partial charge in [0.15, 0.2) is 0 Å². The Kier molecular flexibility index (Phi) is 3.38. The van der Waals surface area contributed by atoms with Gasteiger partial charge in [0.2, 0.25) is 5.91 Å². The Bertz CT molecular complexity index is 953. The smallest absolute Gasteiger partial charge is 0.268 e. The molecule has 0 aliphatic heterocycles. The summed E-state index contributed by atoms with van der Waals surface area (Å²) in [5, 5.41) is 15.1. The lowest BCUT2D eigenvalue weighted by atomic mass is 9.41. The van der Waals surface area contributed by atoms with Crippen LogP contribution in [-0.2, 0) is 11.3 Å². The summed E-state index contributed by atoms with van der Waals surface area (Å²) in [6.07, 6.45) is 5.27. The summed E-state index contributed by atoms with van der Waals surface area (Å²) in [5.74, 6) is -0.124. The number of fused-ring (bicyclic) bond motifs is 1. The lowest BCUT2D eigenvalue weighted by Gasteiger charge is -2.68. The first-order valence-corrected chi connectivity index (χ1v) is 10.5. The molecule has 0 spiro atoms. The van der Waals surface area contributed by atoms with Gasteiger partial charge in [-0.05, 0) is 61.5 Å². The summed E-state index contributed by atoms with van der Waals surface area (Å²) in [6, 6.07) is 7.46. The standard InChI is InChI=1S/C21H26N2O3S/c1-18-8-19(2)10-20(9-18,13-21(26,11-18)12-19)22-16(24)7-23-17(25)14-5-3-4-6-15(14)27-23/h3-6,26H,7-13H2,1-2H3,(H,22,24). The Hall–Kier alpha value is -1.66. The molecule has 2 N–H and O–H groups in total. The molecule has 27 heavy (non-hydrogen) atoms. The van der Waals surface area contributed by atoms with Gasteiger partial charge in [0.1, 0.15) is 6.54 Å². The van der Waals surface area contributed by atoms with Crippen molar-refractivity contribution in [2.24, 2.45) is 10.8 Å². The van der Waals surface area contributed by atoms with Gasteiger partial charge in [0.25, 0.3) is 5.56 Å². The molecule has 5 nitrogen and oxygen atoms in total. The van der Waals surface area contributed by atoms with E-state index in [0.717, 1.165) is 36.8 Å². The molecule has 1 aromatic carbocycles. The zero-order valence-electron chi connectivity index (χ0n) is 15.9. The second-order valence-corrected chi connectivity index (χ2v) is 11.2. The molecule has 1 heterocycles. The molecular formula is C21H26N2O3S. The zero-order valence-corrected chi connectivity index (χ0v) is 16.7. The minimum atomic E-state index is -0.667. The first kappa shape index (κ1) is 17.4. The highest BCUT2D eigenvalue weighted by molar-refractivity contribution is 7.13. The van der Waals surface area contributed by atoms with Crippen molar-refractivity contribution in [3.63, 3.8) is 0 Å². The number of amides is 1. The van der Waals surface area contributed by atoms with Crippen molar-refractivity contribution < 1.29 is 9.90 Å². The van der Waals surface area contributed by atoms with Crippen molar-refractivity contribution in [3.05, 3.63) is 34.6 Å². The third-order valence-corrected chi connectivity index (χ3v) is 7.88. The van der Waals surface area contributed by atoms with Gasteiger partial charge in [-0.25, -0.2) is 0 Å². The summed E-state index contributed by atoms with van der Waals surface area (Å²) >= 11 is 1.34. The number of nitrogens with one attached hydrogen (secondary N) is 1. The molecule has 6 heteroatoms. The first-order valence-electron chi connectivity index (χ1n) is 9.73. The monoisotopic (exact) mass is 386 g/mol. The van der Waals surface area contributed by atoms with E-state index in [0.29, 0.717) is 11.8 Å². The number of rotatable bonds is 3. The number of carbonyl (C=O) groups is 1. The second kappa shape index (κ2) is 5.23. The van der Waals surface area contributed by atoms with Gasteiger partial charge in [0, 0.05) is 5.54 Å². The van der Waals surface area contributed by atoms with Crippen LogP contribution >= 0.6 is 11.5 Å². The van der Waals surface area contributed by atoms with Gasteiger partial charge in [-0.2, -0.15) is 0 Å². The van der Waals surface area contributed by atoms with E-state index in [2.05, 4.69) is 19.2 Å². The minimum absolute atomic E-state index is 0.0474. The molecule has 0 saturated heterocycles. The Morgan fingerprint density at radius 2 is 1.78 bits per heavy atom. The number of nitrogens with zero attached hydrogens (tertiary/aromatic N) is 1. The zero-order chi connectivity index (χ0) is 19.1. The summed E-state index contributed by atoms with van der Waals surface area (Å²) in [5.41, 5.74) is -0.946. The van der Waals surface area contributed by atoms with Crippen LogP contribution in [-0.4, -0.2) is 26.1 Å². The number of hydrogen-bond donors (Lipinski definition) is 2. The van der Waals surface area contributed by atoms with Crippen LogP contribution in [0.1, 0.15) is 52.4 Å². The predicted molar refractivity (Wildman–Crippen MR) is 106 cm³/mol. The van der Waals surface area contributed by atoms with E-state index in [1.54, 1.807) is 10.0 Å². The summed E-state index contributed by atoms with van der Waals surface area (Å²) < 4.78 is 2.44. The highest BCUT2D eigenvalue weighted by Crippen LogP contribution is 2.67. The van der Waals surface area contributed by atoms with Crippen molar-refractivity contribution in [2.75, 3.05) is 0 Å². The summed E-state index contributed by atoms with van der Waals surface area (Å²) in [4.78, 5) is 25.4. The molecule has 4 bridgehead atoms. The van der Waals surface area contributed by atoms with Crippen molar-refractivity contribution >= 4 is 27.5 Å². The van der Waals surface area contributed by atoms with Crippen LogP contribution in [0.2, 0.25) is 0 Å². The number of carbonyl (C=O) groups excluding carboxylic acids is 1. The van der Waals surface area contributed by atoms with Gasteiger partial charge < -0.3 is 10.4 Å². The van der Waals surface area contributed by atoms with E-state index in [-0.39, 0.29) is 34.4 Å². The number of benzene rings is 1. The Morgan fingerprint density at radius 1 is 1.11 bits per heavy atom. The molecule has 4 aliphatic rings. The Balaban J connectivity index is 1.41. The van der Waals surface area contributed by atoms with Crippen LogP contribution in [0.3, 0.4) is 0 Å². The van der Waals surface area contributed by atoms with E-state index in [4.69, 9.17) is 0 Å². The number of aromatic nitrogens is 1. The van der Waals surface area contributed by atoms with E-state index in [9.17, 15) is 14.7 Å². The lowest BCUT2D eigenvalue weighted by Crippen LogP contribution is -2.70. The molecule has 1 aromatic heterocycles. The van der Waals surface area contributed by atoms with Crippen LogP contribution in [0.4, 0.5) is 0 Å². The molecule has 4 aliphatic carbocycles. The van der Waals surface area contributed by atoms with Crippen LogP contribution < -0.4 is 10.9 Å². The topological polar surface area (TPSA) is 71.3 Å². The van der Waals surface area contributed by atoms with Gasteiger partial charge in [0.05, 0.1) is 15.7 Å². The quantitative estimate of drug-likeness (QED) is 0.852. The molecule has 2 aromatic rings. The number of aliphatic hydroxyl groups is 1. The molecule has 2 unspecified atom stereocenters. The van der Waals surface area contributed by atoms with Crippen molar-refractivity contribution in [3.8, 4) is 0 Å². The van der Waals surface area contributed by atoms with Crippen molar-refractivity contribution in [1.29, 1.82) is 0 Å². The minimum Gasteiger partial charge on any atom is -0.390 e. The van der Waals surface area contributed by atoms with Crippen LogP contribution in [0.5, 0.6) is 0 Å². The Morgan fingerprint density at radius 3 is 2.41 bits per heavy atom. The molecule has 0 radical (unpaired) electrons. The van der Waals surface area contributed by atoms with Gasteiger partial charge in [-0.3, -0.25) is 13.5 Å². The summed E-state index contributed by atoms with van der Waals surface area (Å²) in [6.45, 7) is 4.56. The van der Waals surface area contributed by atoms with Gasteiger partial charge in [-0.15, -0.1) is 0 Å². The third kappa shape index (κ3) is 2.76. The van der Waals surface area contributed by atoms with Crippen LogP contribution in [0, 0.1) is 10.8 Å². The Labute approximate surface area is 162 Å². The van der Waals surface area contributed by atoms with Crippen LogP contribution in [0.15, 0.2) is 29.1 Å². The summed E-state index contributed by atoms with van der Waals surface area (Å²) in [7, 11) is 0. The normalized spacial score (nSPS) is 39.8. The average Bonchev–Trinajstić information content (AvgIpc) is 2.78. The van der Waals surface area contributed by atoms with Gasteiger partial charge >= 0.3 is 0 Å². The molecule has 2 atom stereocenters. The third-order valence-electron chi connectivity index (χ3n) is 6.81. The van der Waals surface area contributed by atoms with E-state index < -0.39 is 5.60 Å². The fourth-order valence-corrected chi connectivity index (χ4v) is 8.35. The van der Waals surface area contributed by atoms with Crippen molar-refractivity contribution in [2.45, 2.75) is 70.1 Å². The molecule has 1 amide bonds. The first-order chi connectivity index (χ1) is 12.6. The van der Waals surface area contributed by atoms with E-state index >= 15 is 0 Å². The molecule has 4 fully saturated rings. The lowest BCUT2D eigenvalue weighted by molar-refractivity contribution is -0.205. The average molecular weight is 387 g/mol. The van der Waals surface area contributed by atoms with Crippen LogP contribution in [0.25, 0.3) is 10.1 Å². The molecular weight excluding hydrogens is 360 g/mol. The fraction of sp³-hybridized carbons (Fsp3) is 0.619. The predicted octanol–water partition coefficient (Wildman–Crippen LogP) is 3.04. The maximum Gasteiger partial charge on any atom is 0.268 e. The maximum absolute atomic E-state index is 12.9. The van der Waals surface area contributed by atoms with E-state index in [1.807, 2.05) is 18.2 Å². The largest absolute Gasteiger partial charge is 0.390 e. The maximum atomic E-state index is 12.9. The second-order valence-electron chi connectivity index (χ2n) is 10.2.